The zero-order valence-electron chi connectivity index (χ0n) is 33.2. The first-order chi connectivity index (χ1) is 26.2. The van der Waals surface area contributed by atoms with Gasteiger partial charge in [-0.1, -0.05) is 123 Å². The zero-order valence-corrected chi connectivity index (χ0v) is 33.2. The number of aryl methyl sites for hydroxylation is 2. The Morgan fingerprint density at radius 2 is 0.660 bits per heavy atom. The molecule has 0 saturated heterocycles. The summed E-state index contributed by atoms with van der Waals surface area (Å²) in [4.78, 5) is 18.5. The molecule has 0 unspecified atom stereocenters. The fourth-order valence-corrected chi connectivity index (χ4v) is 6.71. The molecule has 6 heteroatoms. The van der Waals surface area contributed by atoms with Crippen LogP contribution in [0.3, 0.4) is 0 Å². The topological polar surface area (TPSA) is 70.0 Å². The van der Waals surface area contributed by atoms with Crippen molar-refractivity contribution >= 4 is 0 Å². The lowest BCUT2D eigenvalue weighted by Crippen LogP contribution is -1.98. The van der Waals surface area contributed by atoms with Crippen LogP contribution in [0.15, 0.2) is 73.3 Å². The van der Waals surface area contributed by atoms with Crippen LogP contribution in [0.2, 0.25) is 0 Å². The molecule has 0 fully saturated rings. The molecule has 0 aliphatic carbocycles. The summed E-state index contributed by atoms with van der Waals surface area (Å²) in [6.07, 6.45) is 37.0. The molecule has 2 aromatic heterocycles. The van der Waals surface area contributed by atoms with E-state index in [0.29, 0.717) is 0 Å². The van der Waals surface area contributed by atoms with E-state index >= 15 is 0 Å². The summed E-state index contributed by atoms with van der Waals surface area (Å²) in [5.41, 5.74) is 4.53. The van der Waals surface area contributed by atoms with E-state index in [9.17, 15) is 0 Å². The number of ether oxygens (including phenoxy) is 2. The van der Waals surface area contributed by atoms with E-state index in [4.69, 9.17) is 9.47 Å². The largest absolute Gasteiger partial charge is 0.494 e. The summed E-state index contributed by atoms with van der Waals surface area (Å²) < 4.78 is 12.0. The maximum absolute atomic E-state index is 6.00. The Labute approximate surface area is 322 Å². The Balaban J connectivity index is 0.950. The molecule has 0 N–H and O–H groups in total. The highest BCUT2D eigenvalue weighted by Crippen LogP contribution is 2.22. The molecule has 0 saturated carbocycles. The van der Waals surface area contributed by atoms with Gasteiger partial charge < -0.3 is 9.47 Å². The second kappa shape index (κ2) is 26.9. The Morgan fingerprint density at radius 1 is 0.358 bits per heavy atom. The van der Waals surface area contributed by atoms with Gasteiger partial charge in [-0.3, -0.25) is 0 Å². The first-order valence-electron chi connectivity index (χ1n) is 21.3. The van der Waals surface area contributed by atoms with Crippen LogP contribution in [0.5, 0.6) is 11.5 Å². The molecular formula is C47H68N4O2. The fraction of sp³-hybridized carbons (Fsp3) is 0.574. The van der Waals surface area contributed by atoms with E-state index in [1.54, 1.807) is 0 Å². The molecule has 0 aliphatic rings. The van der Waals surface area contributed by atoms with Crippen molar-refractivity contribution < 1.29 is 9.47 Å². The van der Waals surface area contributed by atoms with Gasteiger partial charge in [-0.2, -0.15) is 0 Å². The lowest BCUT2D eigenvalue weighted by Gasteiger charge is -2.08. The number of nitrogens with zero attached hydrogens (tertiary/aromatic N) is 4. The molecule has 2 aromatic carbocycles. The number of aromatic nitrogens is 4. The lowest BCUT2D eigenvalue weighted by atomic mass is 10.1. The number of rotatable bonds is 30. The maximum Gasteiger partial charge on any atom is 0.159 e. The predicted octanol–water partition coefficient (Wildman–Crippen LogP) is 13.4. The second-order valence-corrected chi connectivity index (χ2v) is 14.8. The van der Waals surface area contributed by atoms with Crippen LogP contribution in [0.4, 0.5) is 0 Å². The van der Waals surface area contributed by atoms with Crippen LogP contribution < -0.4 is 9.47 Å². The Kier molecular flexibility index (Phi) is 21.3. The highest BCUT2D eigenvalue weighted by Gasteiger charge is 2.05. The Hall–Kier alpha value is -3.80. The molecule has 288 valence electrons. The van der Waals surface area contributed by atoms with Crippen molar-refractivity contribution in [1.82, 2.24) is 19.9 Å². The highest BCUT2D eigenvalue weighted by molar-refractivity contribution is 5.56. The van der Waals surface area contributed by atoms with Gasteiger partial charge in [0.25, 0.3) is 0 Å². The van der Waals surface area contributed by atoms with Gasteiger partial charge in [0.1, 0.15) is 11.5 Å². The van der Waals surface area contributed by atoms with Crippen molar-refractivity contribution in [3.05, 3.63) is 84.4 Å². The average molecular weight is 721 g/mol. The third-order valence-corrected chi connectivity index (χ3v) is 10.1. The molecule has 53 heavy (non-hydrogen) atoms. The van der Waals surface area contributed by atoms with Gasteiger partial charge in [0.15, 0.2) is 11.6 Å². The standard InChI is InChI=1S/C47H68N4O2/c1-3-5-7-9-16-20-24-40-36-48-46(49-37-40)42-26-30-44(31-27-42)52-34-22-18-14-12-11-13-15-19-23-35-53-45-32-28-43(29-33-45)47-50-38-41(39-51-47)25-21-17-10-8-6-4-2/h26-33,36-39H,3-25,34-35H2,1-2H3. The molecule has 0 spiro atoms. The van der Waals surface area contributed by atoms with E-state index in [0.717, 1.165) is 73.2 Å². The van der Waals surface area contributed by atoms with Crippen LogP contribution in [-0.2, 0) is 12.8 Å². The first kappa shape index (κ1) is 41.9. The minimum absolute atomic E-state index is 0.770. The molecule has 6 nitrogen and oxygen atoms in total. The first-order valence-corrected chi connectivity index (χ1v) is 21.3. The van der Waals surface area contributed by atoms with E-state index in [2.05, 4.69) is 58.0 Å². The SMILES string of the molecule is CCCCCCCCc1cnc(-c2ccc(OCCCCCCCCCCCOc3ccc(-c4ncc(CCCCCCCC)cn4)cc3)cc2)nc1. The van der Waals surface area contributed by atoms with Crippen LogP contribution in [-0.4, -0.2) is 33.1 Å². The van der Waals surface area contributed by atoms with Crippen LogP contribution in [0, 0.1) is 0 Å². The molecule has 0 amide bonds. The summed E-state index contributed by atoms with van der Waals surface area (Å²) in [5, 5.41) is 0. The number of hydrogen-bond acceptors (Lipinski definition) is 6. The predicted molar refractivity (Wildman–Crippen MR) is 222 cm³/mol. The van der Waals surface area contributed by atoms with Crippen LogP contribution in [0.1, 0.15) is 160 Å². The normalized spacial score (nSPS) is 11.2. The van der Waals surface area contributed by atoms with Crippen LogP contribution in [0.25, 0.3) is 22.8 Å². The number of benzene rings is 2. The van der Waals surface area contributed by atoms with Gasteiger partial charge in [0, 0.05) is 35.9 Å². The van der Waals surface area contributed by atoms with E-state index in [1.165, 1.54) is 133 Å². The second-order valence-electron chi connectivity index (χ2n) is 14.8. The number of unbranched alkanes of at least 4 members (excludes halogenated alkanes) is 18. The van der Waals surface area contributed by atoms with Gasteiger partial charge in [-0.25, -0.2) is 19.9 Å². The number of hydrogen-bond donors (Lipinski definition) is 0. The highest BCUT2D eigenvalue weighted by atomic mass is 16.5. The minimum Gasteiger partial charge on any atom is -0.494 e. The summed E-state index contributed by atoms with van der Waals surface area (Å²) in [6, 6.07) is 16.4. The van der Waals surface area contributed by atoms with Crippen LogP contribution >= 0.6 is 0 Å². The van der Waals surface area contributed by atoms with E-state index in [1.807, 2.05) is 49.1 Å². The van der Waals surface area contributed by atoms with Crippen molar-refractivity contribution in [2.75, 3.05) is 13.2 Å². The molecule has 0 aliphatic heterocycles. The van der Waals surface area contributed by atoms with Crippen molar-refractivity contribution in [1.29, 1.82) is 0 Å². The monoisotopic (exact) mass is 721 g/mol. The fourth-order valence-electron chi connectivity index (χ4n) is 6.71. The summed E-state index contributed by atoms with van der Waals surface area (Å²) in [6.45, 7) is 6.06. The summed E-state index contributed by atoms with van der Waals surface area (Å²) in [7, 11) is 0. The third kappa shape index (κ3) is 17.7. The van der Waals surface area contributed by atoms with Gasteiger partial charge in [-0.15, -0.1) is 0 Å². The smallest absolute Gasteiger partial charge is 0.159 e. The Morgan fingerprint density at radius 3 is 1.00 bits per heavy atom. The Bertz CT molecular complexity index is 1340. The van der Waals surface area contributed by atoms with Crippen molar-refractivity contribution in [2.45, 2.75) is 162 Å². The lowest BCUT2D eigenvalue weighted by molar-refractivity contribution is 0.302. The molecule has 2 heterocycles. The molecule has 0 atom stereocenters. The van der Waals surface area contributed by atoms with Gasteiger partial charge in [0.05, 0.1) is 13.2 Å². The zero-order chi connectivity index (χ0) is 37.0. The average Bonchev–Trinajstić information content (AvgIpc) is 3.20. The van der Waals surface area contributed by atoms with E-state index < -0.39 is 0 Å². The summed E-state index contributed by atoms with van der Waals surface area (Å²) >= 11 is 0. The molecule has 0 bridgehead atoms. The third-order valence-electron chi connectivity index (χ3n) is 10.1. The summed E-state index contributed by atoms with van der Waals surface area (Å²) in [5.74, 6) is 3.40. The quantitative estimate of drug-likeness (QED) is 0.0500. The van der Waals surface area contributed by atoms with Gasteiger partial charge in [-0.05, 0) is 98.2 Å². The molecule has 4 rings (SSSR count). The van der Waals surface area contributed by atoms with E-state index in [-0.39, 0.29) is 0 Å². The molecule has 0 radical (unpaired) electrons. The minimum atomic E-state index is 0.770. The van der Waals surface area contributed by atoms with Gasteiger partial charge in [0.2, 0.25) is 0 Å². The van der Waals surface area contributed by atoms with Gasteiger partial charge >= 0.3 is 0 Å². The molecule has 4 aromatic rings. The molecular weight excluding hydrogens is 653 g/mol. The van der Waals surface area contributed by atoms with Crippen molar-refractivity contribution in [3.8, 4) is 34.3 Å². The van der Waals surface area contributed by atoms with Crippen molar-refractivity contribution in [3.63, 3.8) is 0 Å². The van der Waals surface area contributed by atoms with Crippen molar-refractivity contribution in [2.24, 2.45) is 0 Å². The maximum atomic E-state index is 6.00.